The minimum Gasteiger partial charge on any atom is -0.383 e. The van der Waals surface area contributed by atoms with Crippen molar-refractivity contribution in [3.05, 3.63) is 28.7 Å². The Bertz CT molecular complexity index is 368. The van der Waals surface area contributed by atoms with Gasteiger partial charge in [0, 0.05) is 35.8 Å². The molecule has 108 valence electrons. The van der Waals surface area contributed by atoms with Crippen molar-refractivity contribution in [3.8, 4) is 0 Å². The Morgan fingerprint density at radius 1 is 1.26 bits per heavy atom. The maximum Gasteiger partial charge on any atom is 0.0485 e. The zero-order valence-electron chi connectivity index (χ0n) is 12.5. The van der Waals surface area contributed by atoms with Crippen LogP contribution in [0.5, 0.6) is 0 Å². The van der Waals surface area contributed by atoms with Gasteiger partial charge in [-0.1, -0.05) is 19.1 Å². The highest BCUT2D eigenvalue weighted by atomic mass is 79.9. The van der Waals surface area contributed by atoms with Crippen LogP contribution in [0.1, 0.15) is 13.8 Å². The van der Waals surface area contributed by atoms with Gasteiger partial charge in [-0.25, -0.2) is 0 Å². The number of nitrogens with one attached hydrogen (secondary N) is 1. The molecule has 1 aromatic rings. The Hall–Kier alpha value is -0.580. The summed E-state index contributed by atoms with van der Waals surface area (Å²) in [5.41, 5.74) is 1.17. The van der Waals surface area contributed by atoms with Gasteiger partial charge in [0.05, 0.1) is 0 Å². The molecule has 0 aliphatic carbocycles. The number of hydrogen-bond donors (Lipinski definition) is 1. The Kier molecular flexibility index (Phi) is 7.42. The van der Waals surface area contributed by atoms with Crippen LogP contribution in [-0.2, 0) is 0 Å². The van der Waals surface area contributed by atoms with Crippen LogP contribution in [0.2, 0.25) is 0 Å². The first-order valence-corrected chi connectivity index (χ1v) is 7.71. The van der Waals surface area contributed by atoms with Gasteiger partial charge in [0.25, 0.3) is 0 Å². The molecule has 1 aromatic carbocycles. The van der Waals surface area contributed by atoms with Gasteiger partial charge in [-0.2, -0.15) is 0 Å². The van der Waals surface area contributed by atoms with Gasteiger partial charge in [0.2, 0.25) is 0 Å². The number of rotatable bonds is 8. The quantitative estimate of drug-likeness (QED) is 0.791. The maximum atomic E-state index is 3.56. The lowest BCUT2D eigenvalue weighted by molar-refractivity contribution is 0.188. The minimum atomic E-state index is 0.584. The van der Waals surface area contributed by atoms with Crippen molar-refractivity contribution in [1.82, 2.24) is 9.80 Å². The molecule has 1 N–H and O–H groups in total. The third kappa shape index (κ3) is 5.93. The first kappa shape index (κ1) is 16.5. The van der Waals surface area contributed by atoms with Crippen molar-refractivity contribution < 1.29 is 0 Å². The van der Waals surface area contributed by atoms with E-state index < -0.39 is 0 Å². The normalized spacial score (nSPS) is 13.0. The van der Waals surface area contributed by atoms with E-state index in [2.05, 4.69) is 77.2 Å². The molecule has 0 aliphatic rings. The highest BCUT2D eigenvalue weighted by molar-refractivity contribution is 9.10. The second kappa shape index (κ2) is 8.56. The molecule has 0 radical (unpaired) electrons. The molecule has 0 heterocycles. The lowest BCUT2D eigenvalue weighted by atomic mass is 10.2. The van der Waals surface area contributed by atoms with E-state index in [4.69, 9.17) is 0 Å². The standard InChI is InChI=1S/C15H26BrN3/c1-5-19(13(2)12-18(3)4)11-10-17-15-9-7-6-8-14(15)16/h6-9,13,17H,5,10-12H2,1-4H3. The lowest BCUT2D eigenvalue weighted by Gasteiger charge is -2.30. The largest absolute Gasteiger partial charge is 0.383 e. The fourth-order valence-electron chi connectivity index (χ4n) is 2.27. The van der Waals surface area contributed by atoms with Crippen molar-refractivity contribution in [2.45, 2.75) is 19.9 Å². The van der Waals surface area contributed by atoms with Crippen LogP contribution in [0, 0.1) is 0 Å². The van der Waals surface area contributed by atoms with E-state index in [0.29, 0.717) is 6.04 Å². The van der Waals surface area contributed by atoms with Gasteiger partial charge in [0.1, 0.15) is 0 Å². The van der Waals surface area contributed by atoms with Gasteiger partial charge < -0.3 is 10.2 Å². The second-order valence-corrected chi connectivity index (χ2v) is 6.00. The van der Waals surface area contributed by atoms with E-state index in [1.807, 2.05) is 6.07 Å². The van der Waals surface area contributed by atoms with Crippen LogP contribution in [0.25, 0.3) is 0 Å². The molecule has 0 aromatic heterocycles. The number of benzene rings is 1. The van der Waals surface area contributed by atoms with E-state index >= 15 is 0 Å². The SMILES string of the molecule is CCN(CCNc1ccccc1Br)C(C)CN(C)C. The summed E-state index contributed by atoms with van der Waals surface area (Å²) in [6, 6.07) is 8.84. The fraction of sp³-hybridized carbons (Fsp3) is 0.600. The average Bonchev–Trinajstić information content (AvgIpc) is 2.35. The molecular formula is C15H26BrN3. The predicted molar refractivity (Wildman–Crippen MR) is 87.9 cm³/mol. The first-order chi connectivity index (χ1) is 9.04. The van der Waals surface area contributed by atoms with E-state index in [1.165, 1.54) is 5.69 Å². The third-order valence-electron chi connectivity index (χ3n) is 3.25. The zero-order chi connectivity index (χ0) is 14.3. The van der Waals surface area contributed by atoms with Crippen molar-refractivity contribution in [3.63, 3.8) is 0 Å². The van der Waals surface area contributed by atoms with E-state index in [-0.39, 0.29) is 0 Å². The molecular weight excluding hydrogens is 302 g/mol. The summed E-state index contributed by atoms with van der Waals surface area (Å²) < 4.78 is 1.12. The third-order valence-corrected chi connectivity index (χ3v) is 3.94. The molecule has 1 unspecified atom stereocenters. The summed E-state index contributed by atoms with van der Waals surface area (Å²) in [6.45, 7) is 8.74. The van der Waals surface area contributed by atoms with Crippen molar-refractivity contribution in [1.29, 1.82) is 0 Å². The van der Waals surface area contributed by atoms with Crippen LogP contribution < -0.4 is 5.32 Å². The van der Waals surface area contributed by atoms with E-state index in [0.717, 1.165) is 30.7 Å². The Morgan fingerprint density at radius 2 is 1.95 bits per heavy atom. The molecule has 0 amide bonds. The Morgan fingerprint density at radius 3 is 2.53 bits per heavy atom. The molecule has 1 atom stereocenters. The monoisotopic (exact) mass is 327 g/mol. The van der Waals surface area contributed by atoms with E-state index in [1.54, 1.807) is 0 Å². The number of nitrogens with zero attached hydrogens (tertiary/aromatic N) is 2. The maximum absolute atomic E-state index is 3.56. The molecule has 0 saturated heterocycles. The highest BCUT2D eigenvalue weighted by Gasteiger charge is 2.12. The Balaban J connectivity index is 2.39. The van der Waals surface area contributed by atoms with E-state index in [9.17, 15) is 0 Å². The average molecular weight is 328 g/mol. The zero-order valence-corrected chi connectivity index (χ0v) is 14.1. The molecule has 3 nitrogen and oxygen atoms in total. The van der Waals surface area contributed by atoms with Gasteiger partial charge in [-0.3, -0.25) is 4.90 Å². The fourth-order valence-corrected chi connectivity index (χ4v) is 2.70. The highest BCUT2D eigenvalue weighted by Crippen LogP contribution is 2.20. The number of para-hydroxylation sites is 1. The van der Waals surface area contributed by atoms with Crippen LogP contribution in [0.3, 0.4) is 0 Å². The molecule has 19 heavy (non-hydrogen) atoms. The Labute approximate surface area is 126 Å². The minimum absolute atomic E-state index is 0.584. The predicted octanol–water partition coefficient (Wildman–Crippen LogP) is 3.13. The summed E-state index contributed by atoms with van der Waals surface area (Å²) in [5.74, 6) is 0. The number of likely N-dealkylation sites (N-methyl/N-ethyl adjacent to an activating group) is 2. The van der Waals surface area contributed by atoms with Crippen molar-refractivity contribution in [2.24, 2.45) is 0 Å². The number of hydrogen-bond acceptors (Lipinski definition) is 3. The van der Waals surface area contributed by atoms with Crippen molar-refractivity contribution >= 4 is 21.6 Å². The summed E-state index contributed by atoms with van der Waals surface area (Å²) in [5, 5.41) is 3.48. The van der Waals surface area contributed by atoms with Crippen LogP contribution in [0.4, 0.5) is 5.69 Å². The molecule has 0 bridgehead atoms. The molecule has 1 rings (SSSR count). The van der Waals surface area contributed by atoms with Gasteiger partial charge in [0.15, 0.2) is 0 Å². The van der Waals surface area contributed by atoms with Crippen LogP contribution >= 0.6 is 15.9 Å². The van der Waals surface area contributed by atoms with Gasteiger partial charge in [-0.15, -0.1) is 0 Å². The van der Waals surface area contributed by atoms with Gasteiger partial charge >= 0.3 is 0 Å². The number of anilines is 1. The molecule has 0 saturated carbocycles. The van der Waals surface area contributed by atoms with Crippen LogP contribution in [-0.4, -0.2) is 56.1 Å². The summed E-state index contributed by atoms with van der Waals surface area (Å²) in [6.07, 6.45) is 0. The van der Waals surface area contributed by atoms with Crippen LogP contribution in [0.15, 0.2) is 28.7 Å². The lowest BCUT2D eigenvalue weighted by Crippen LogP contribution is -2.42. The summed E-state index contributed by atoms with van der Waals surface area (Å²) in [7, 11) is 4.26. The first-order valence-electron chi connectivity index (χ1n) is 6.91. The molecule has 0 aliphatic heterocycles. The van der Waals surface area contributed by atoms with Crippen molar-refractivity contribution in [2.75, 3.05) is 45.6 Å². The topological polar surface area (TPSA) is 18.5 Å². The summed E-state index contributed by atoms with van der Waals surface area (Å²) in [4.78, 5) is 4.75. The summed E-state index contributed by atoms with van der Waals surface area (Å²) >= 11 is 3.56. The second-order valence-electron chi connectivity index (χ2n) is 5.15. The smallest absolute Gasteiger partial charge is 0.0485 e. The number of halogens is 1. The molecule has 4 heteroatoms. The molecule has 0 spiro atoms. The van der Waals surface area contributed by atoms with Gasteiger partial charge in [-0.05, 0) is 55.6 Å². The molecule has 0 fully saturated rings.